The number of ether oxygens (including phenoxy) is 3. The third-order valence-corrected chi connectivity index (χ3v) is 4.73. The number of carbonyl (C=O) groups excluding carboxylic acids is 2. The van der Waals surface area contributed by atoms with E-state index in [1.165, 1.54) is 31.6 Å². The van der Waals surface area contributed by atoms with E-state index in [-0.39, 0.29) is 0 Å². The summed E-state index contributed by atoms with van der Waals surface area (Å²) >= 11 is 1.38. The zero-order valence-corrected chi connectivity index (χ0v) is 15.0. The molecule has 0 unspecified atom stereocenters. The Kier molecular flexibility index (Phi) is 5.34. The van der Waals surface area contributed by atoms with Gasteiger partial charge in [0, 0.05) is 10.8 Å². The first kappa shape index (κ1) is 17.7. The number of rotatable bonds is 5. The molecule has 0 amide bonds. The summed E-state index contributed by atoms with van der Waals surface area (Å²) in [6, 6.07) is 14.6. The highest BCUT2D eigenvalue weighted by molar-refractivity contribution is 7.20. The quantitative estimate of drug-likeness (QED) is 0.381. The molecule has 0 saturated heterocycles. The van der Waals surface area contributed by atoms with Crippen LogP contribution in [0.3, 0.4) is 0 Å². The van der Waals surface area contributed by atoms with Gasteiger partial charge in [-0.25, -0.2) is 9.59 Å². The topological polar surface area (TPSA) is 61.8 Å². The van der Waals surface area contributed by atoms with E-state index >= 15 is 0 Å². The van der Waals surface area contributed by atoms with Gasteiger partial charge in [0.25, 0.3) is 0 Å². The second-order valence-corrected chi connectivity index (χ2v) is 6.39. The highest BCUT2D eigenvalue weighted by atomic mass is 32.1. The van der Waals surface area contributed by atoms with Crippen molar-refractivity contribution in [2.24, 2.45) is 0 Å². The maximum Gasteiger partial charge on any atom is 0.353 e. The Balaban J connectivity index is 1.81. The molecule has 0 spiro atoms. The standard InChI is InChI=1S/C20H16O5S/c1-23-16-11-13(8-10-19(21)24-2)7-9-15(16)25-20(22)18-12-14-5-3-4-6-17(14)26-18/h3-12H,1-2H3/b10-8+. The third kappa shape index (κ3) is 3.92. The van der Waals surface area contributed by atoms with Crippen LogP contribution in [0.4, 0.5) is 0 Å². The first-order valence-corrected chi connectivity index (χ1v) is 8.57. The van der Waals surface area contributed by atoms with Crippen LogP contribution in [0.15, 0.2) is 54.6 Å². The molecule has 5 nitrogen and oxygen atoms in total. The van der Waals surface area contributed by atoms with Gasteiger partial charge in [-0.15, -0.1) is 11.3 Å². The van der Waals surface area contributed by atoms with Crippen molar-refractivity contribution in [1.29, 1.82) is 0 Å². The van der Waals surface area contributed by atoms with Crippen molar-refractivity contribution in [2.75, 3.05) is 14.2 Å². The molecule has 1 heterocycles. The van der Waals surface area contributed by atoms with Crippen molar-refractivity contribution in [3.63, 3.8) is 0 Å². The molecule has 2 aromatic carbocycles. The Morgan fingerprint density at radius 2 is 1.81 bits per heavy atom. The molecule has 3 aromatic rings. The summed E-state index contributed by atoms with van der Waals surface area (Å²) in [6.07, 6.45) is 2.89. The summed E-state index contributed by atoms with van der Waals surface area (Å²) in [6.45, 7) is 0. The first-order valence-electron chi connectivity index (χ1n) is 7.75. The van der Waals surface area contributed by atoms with E-state index in [4.69, 9.17) is 9.47 Å². The molecule has 0 bridgehead atoms. The van der Waals surface area contributed by atoms with Crippen molar-refractivity contribution >= 4 is 39.4 Å². The number of methoxy groups -OCH3 is 2. The maximum atomic E-state index is 12.4. The number of carbonyl (C=O) groups is 2. The molecule has 0 aliphatic heterocycles. The minimum atomic E-state index is -0.454. The zero-order chi connectivity index (χ0) is 18.5. The molecule has 1 aromatic heterocycles. The van der Waals surface area contributed by atoms with E-state index in [1.54, 1.807) is 24.3 Å². The van der Waals surface area contributed by atoms with E-state index in [0.717, 1.165) is 10.1 Å². The van der Waals surface area contributed by atoms with Crippen LogP contribution >= 0.6 is 11.3 Å². The molecule has 3 rings (SSSR count). The fourth-order valence-corrected chi connectivity index (χ4v) is 3.28. The van der Waals surface area contributed by atoms with Crippen molar-refractivity contribution in [2.45, 2.75) is 0 Å². The van der Waals surface area contributed by atoms with E-state index in [9.17, 15) is 9.59 Å². The summed E-state index contributed by atoms with van der Waals surface area (Å²) in [5.41, 5.74) is 0.717. The summed E-state index contributed by atoms with van der Waals surface area (Å²) in [5, 5.41) is 1.000. The van der Waals surface area contributed by atoms with Crippen LogP contribution in [0.1, 0.15) is 15.2 Å². The first-order chi connectivity index (χ1) is 12.6. The number of fused-ring (bicyclic) bond motifs is 1. The molecule has 0 fully saturated rings. The summed E-state index contributed by atoms with van der Waals surface area (Å²) in [4.78, 5) is 24.1. The van der Waals surface area contributed by atoms with Crippen molar-refractivity contribution in [1.82, 2.24) is 0 Å². The lowest BCUT2D eigenvalue weighted by Crippen LogP contribution is -2.07. The fourth-order valence-electron chi connectivity index (χ4n) is 2.34. The minimum Gasteiger partial charge on any atom is -0.493 e. The van der Waals surface area contributed by atoms with E-state index in [0.29, 0.717) is 21.9 Å². The van der Waals surface area contributed by atoms with Crippen LogP contribution in [0, 0.1) is 0 Å². The van der Waals surface area contributed by atoms with Gasteiger partial charge in [0.15, 0.2) is 11.5 Å². The molecule has 0 saturated carbocycles. The number of benzene rings is 2. The largest absolute Gasteiger partial charge is 0.493 e. The normalized spacial score (nSPS) is 10.8. The van der Waals surface area contributed by atoms with Gasteiger partial charge in [-0.2, -0.15) is 0 Å². The zero-order valence-electron chi connectivity index (χ0n) is 14.2. The van der Waals surface area contributed by atoms with Crippen molar-refractivity contribution in [3.8, 4) is 11.5 Å². The van der Waals surface area contributed by atoms with Gasteiger partial charge in [0.1, 0.15) is 4.88 Å². The van der Waals surface area contributed by atoms with Gasteiger partial charge in [0.05, 0.1) is 14.2 Å². The molecule has 0 aliphatic rings. The fraction of sp³-hybridized carbons (Fsp3) is 0.100. The average molecular weight is 368 g/mol. The lowest BCUT2D eigenvalue weighted by molar-refractivity contribution is -0.134. The van der Waals surface area contributed by atoms with Gasteiger partial charge in [0.2, 0.25) is 0 Å². The van der Waals surface area contributed by atoms with Crippen molar-refractivity contribution < 1.29 is 23.8 Å². The SMILES string of the molecule is COC(=O)/C=C/c1ccc(OC(=O)c2cc3ccccc3s2)c(OC)c1. The Morgan fingerprint density at radius 3 is 2.54 bits per heavy atom. The van der Waals surface area contributed by atoms with E-state index in [2.05, 4.69) is 4.74 Å². The van der Waals surface area contributed by atoms with E-state index < -0.39 is 11.9 Å². The van der Waals surface area contributed by atoms with Crippen LogP contribution in [0.5, 0.6) is 11.5 Å². The van der Waals surface area contributed by atoms with Crippen LogP contribution in [0.2, 0.25) is 0 Å². The molecule has 0 aliphatic carbocycles. The van der Waals surface area contributed by atoms with Gasteiger partial charge >= 0.3 is 11.9 Å². The van der Waals surface area contributed by atoms with Gasteiger partial charge in [-0.1, -0.05) is 24.3 Å². The Hall–Kier alpha value is -3.12. The summed E-state index contributed by atoms with van der Waals surface area (Å²) in [7, 11) is 2.80. The molecule has 6 heteroatoms. The Morgan fingerprint density at radius 1 is 1.00 bits per heavy atom. The summed E-state index contributed by atoms with van der Waals surface area (Å²) < 4.78 is 16.4. The van der Waals surface area contributed by atoms with E-state index in [1.807, 2.05) is 30.3 Å². The predicted molar refractivity (Wildman–Crippen MR) is 101 cm³/mol. The molecule has 0 atom stereocenters. The van der Waals surface area contributed by atoms with Crippen LogP contribution in [-0.2, 0) is 9.53 Å². The lowest BCUT2D eigenvalue weighted by atomic mass is 10.2. The summed E-state index contributed by atoms with van der Waals surface area (Å²) in [5.74, 6) is -0.191. The highest BCUT2D eigenvalue weighted by Gasteiger charge is 2.15. The van der Waals surface area contributed by atoms with Gasteiger partial charge in [-0.3, -0.25) is 0 Å². The smallest absolute Gasteiger partial charge is 0.353 e. The lowest BCUT2D eigenvalue weighted by Gasteiger charge is -2.09. The number of hydrogen-bond acceptors (Lipinski definition) is 6. The monoisotopic (exact) mass is 368 g/mol. The average Bonchev–Trinajstić information content (AvgIpc) is 3.11. The number of hydrogen-bond donors (Lipinski definition) is 0. The van der Waals surface area contributed by atoms with Gasteiger partial charge in [-0.05, 0) is 41.3 Å². The van der Waals surface area contributed by atoms with Crippen molar-refractivity contribution in [3.05, 3.63) is 65.0 Å². The second-order valence-electron chi connectivity index (χ2n) is 5.30. The van der Waals surface area contributed by atoms with Crippen LogP contribution < -0.4 is 9.47 Å². The molecule has 0 radical (unpaired) electrons. The third-order valence-electron chi connectivity index (χ3n) is 3.63. The Bertz CT molecular complexity index is 954. The molecule has 26 heavy (non-hydrogen) atoms. The number of esters is 2. The van der Waals surface area contributed by atoms with Crippen LogP contribution in [0.25, 0.3) is 16.2 Å². The second kappa shape index (κ2) is 7.84. The van der Waals surface area contributed by atoms with Gasteiger partial charge < -0.3 is 14.2 Å². The molecular weight excluding hydrogens is 352 g/mol. The minimum absolute atomic E-state index is 0.310. The maximum absolute atomic E-state index is 12.4. The molecule has 132 valence electrons. The number of thiophene rings is 1. The Labute approximate surface area is 154 Å². The van der Waals surface area contributed by atoms with Crippen LogP contribution in [-0.4, -0.2) is 26.2 Å². The molecule has 0 N–H and O–H groups in total. The molecular formula is C20H16O5S. The predicted octanol–water partition coefficient (Wildman–Crippen LogP) is 4.32. The highest BCUT2D eigenvalue weighted by Crippen LogP contribution is 2.31.